The van der Waals surface area contributed by atoms with E-state index in [4.69, 9.17) is 4.74 Å². The average molecular weight is 400 g/mol. The van der Waals surface area contributed by atoms with Crippen molar-refractivity contribution in [2.24, 2.45) is 0 Å². The number of anilines is 1. The summed E-state index contributed by atoms with van der Waals surface area (Å²) in [6.07, 6.45) is 1.96. The lowest BCUT2D eigenvalue weighted by molar-refractivity contribution is -0.115. The highest BCUT2D eigenvalue weighted by molar-refractivity contribution is 9.10. The maximum Gasteiger partial charge on any atom is 0.229 e. The first-order valence-corrected chi connectivity index (χ1v) is 8.62. The number of nitrogens with zero attached hydrogens (tertiary/aromatic N) is 2. The molecule has 0 aliphatic rings. The van der Waals surface area contributed by atoms with E-state index in [0.717, 1.165) is 21.3 Å². The van der Waals surface area contributed by atoms with E-state index in [1.165, 1.54) is 0 Å². The van der Waals surface area contributed by atoms with E-state index in [-0.39, 0.29) is 12.3 Å². The Kier molecular flexibility index (Phi) is 5.50. The summed E-state index contributed by atoms with van der Waals surface area (Å²) in [4.78, 5) is 12.3. The minimum absolute atomic E-state index is 0.0918. The third kappa shape index (κ3) is 4.70. The molecule has 0 fully saturated rings. The molecule has 0 radical (unpaired) electrons. The molecule has 1 N–H and O–H groups in total. The fraction of sp³-hybridized carbons (Fsp3) is 0.158. The number of benzene rings is 2. The number of hydrogen-bond acceptors (Lipinski definition) is 3. The van der Waals surface area contributed by atoms with Crippen molar-refractivity contribution in [3.63, 3.8) is 0 Å². The summed E-state index contributed by atoms with van der Waals surface area (Å²) in [5.41, 5.74) is 2.01. The summed E-state index contributed by atoms with van der Waals surface area (Å²) in [6, 6.07) is 17.3. The molecule has 0 saturated heterocycles. The number of methoxy groups -OCH3 is 1. The van der Waals surface area contributed by atoms with Crippen molar-refractivity contribution < 1.29 is 9.53 Å². The fourth-order valence-electron chi connectivity index (χ4n) is 2.48. The fourth-order valence-corrected chi connectivity index (χ4v) is 2.75. The van der Waals surface area contributed by atoms with Crippen molar-refractivity contribution in [1.29, 1.82) is 0 Å². The van der Waals surface area contributed by atoms with Crippen molar-refractivity contribution >= 4 is 27.7 Å². The Hall–Kier alpha value is -2.60. The van der Waals surface area contributed by atoms with E-state index >= 15 is 0 Å². The van der Waals surface area contributed by atoms with Crippen LogP contribution in [0.4, 0.5) is 5.82 Å². The van der Waals surface area contributed by atoms with Crippen LogP contribution in [0, 0.1) is 0 Å². The van der Waals surface area contributed by atoms with Crippen LogP contribution in [0.1, 0.15) is 11.1 Å². The molecule has 0 atom stereocenters. The van der Waals surface area contributed by atoms with Gasteiger partial charge in [0, 0.05) is 10.5 Å². The molecule has 128 valence electrons. The number of ether oxygens (including phenoxy) is 1. The van der Waals surface area contributed by atoms with Crippen LogP contribution in [-0.2, 0) is 17.8 Å². The molecule has 1 heterocycles. The quantitative estimate of drug-likeness (QED) is 0.683. The molecule has 2 aromatic carbocycles. The van der Waals surface area contributed by atoms with E-state index in [1.54, 1.807) is 24.1 Å². The van der Waals surface area contributed by atoms with Gasteiger partial charge in [-0.3, -0.25) is 4.79 Å². The molecule has 1 aromatic heterocycles. The second-order valence-electron chi connectivity index (χ2n) is 5.58. The van der Waals surface area contributed by atoms with Gasteiger partial charge in [-0.1, -0.05) is 40.2 Å². The number of nitrogens with one attached hydrogen (secondary N) is 1. The van der Waals surface area contributed by atoms with Gasteiger partial charge in [0.2, 0.25) is 5.91 Å². The van der Waals surface area contributed by atoms with Gasteiger partial charge >= 0.3 is 0 Å². The van der Waals surface area contributed by atoms with Crippen LogP contribution in [-0.4, -0.2) is 22.8 Å². The number of amides is 1. The molecule has 0 spiro atoms. The lowest BCUT2D eigenvalue weighted by Crippen LogP contribution is -2.18. The normalized spacial score (nSPS) is 10.5. The SMILES string of the molecule is COc1cccc(CC(=O)Nc2ccnn2Cc2ccc(Br)cc2)c1. The zero-order chi connectivity index (χ0) is 17.6. The van der Waals surface area contributed by atoms with Gasteiger partial charge in [-0.25, -0.2) is 4.68 Å². The number of rotatable bonds is 6. The Balaban J connectivity index is 1.65. The minimum atomic E-state index is -0.0918. The summed E-state index contributed by atoms with van der Waals surface area (Å²) < 4.78 is 7.99. The van der Waals surface area contributed by atoms with Crippen LogP contribution < -0.4 is 10.1 Å². The Bertz CT molecular complexity index is 859. The van der Waals surface area contributed by atoms with E-state index in [9.17, 15) is 4.79 Å². The van der Waals surface area contributed by atoms with Gasteiger partial charge in [-0.05, 0) is 35.4 Å². The molecule has 3 aromatic rings. The lowest BCUT2D eigenvalue weighted by atomic mass is 10.1. The highest BCUT2D eigenvalue weighted by atomic mass is 79.9. The van der Waals surface area contributed by atoms with Crippen LogP contribution in [0.5, 0.6) is 5.75 Å². The summed E-state index contributed by atoms with van der Waals surface area (Å²) in [5, 5.41) is 7.21. The minimum Gasteiger partial charge on any atom is -0.497 e. The predicted molar refractivity (Wildman–Crippen MR) is 101 cm³/mol. The van der Waals surface area contributed by atoms with E-state index in [1.807, 2.05) is 48.5 Å². The first kappa shape index (κ1) is 17.2. The zero-order valence-corrected chi connectivity index (χ0v) is 15.4. The summed E-state index contributed by atoms with van der Waals surface area (Å²) in [7, 11) is 1.61. The van der Waals surface area contributed by atoms with Gasteiger partial charge in [-0.15, -0.1) is 0 Å². The maximum atomic E-state index is 12.3. The average Bonchev–Trinajstić information content (AvgIpc) is 3.03. The van der Waals surface area contributed by atoms with Crippen molar-refractivity contribution in [3.8, 4) is 5.75 Å². The number of aromatic nitrogens is 2. The lowest BCUT2D eigenvalue weighted by Gasteiger charge is -2.10. The number of hydrogen-bond donors (Lipinski definition) is 1. The topological polar surface area (TPSA) is 56.1 Å². The third-order valence-electron chi connectivity index (χ3n) is 3.73. The van der Waals surface area contributed by atoms with Crippen LogP contribution in [0.2, 0.25) is 0 Å². The first-order valence-electron chi connectivity index (χ1n) is 7.83. The highest BCUT2D eigenvalue weighted by Gasteiger charge is 2.09. The molecule has 1 amide bonds. The van der Waals surface area contributed by atoms with E-state index < -0.39 is 0 Å². The van der Waals surface area contributed by atoms with E-state index in [2.05, 4.69) is 26.3 Å². The highest BCUT2D eigenvalue weighted by Crippen LogP contribution is 2.16. The Morgan fingerprint density at radius 1 is 1.16 bits per heavy atom. The number of halogens is 1. The van der Waals surface area contributed by atoms with Crippen LogP contribution in [0.25, 0.3) is 0 Å². The molecule has 0 saturated carbocycles. The van der Waals surface area contributed by atoms with Crippen molar-refractivity contribution in [1.82, 2.24) is 9.78 Å². The molecule has 0 aliphatic carbocycles. The molecule has 6 heteroatoms. The van der Waals surface area contributed by atoms with Gasteiger partial charge in [-0.2, -0.15) is 5.10 Å². The molecule has 3 rings (SSSR count). The van der Waals surface area contributed by atoms with Crippen LogP contribution in [0.15, 0.2) is 65.3 Å². The van der Waals surface area contributed by atoms with Gasteiger partial charge in [0.1, 0.15) is 11.6 Å². The van der Waals surface area contributed by atoms with Gasteiger partial charge in [0.15, 0.2) is 0 Å². The molecule has 0 aliphatic heterocycles. The van der Waals surface area contributed by atoms with E-state index in [0.29, 0.717) is 12.4 Å². The second kappa shape index (κ2) is 7.98. The van der Waals surface area contributed by atoms with Crippen LogP contribution in [0.3, 0.4) is 0 Å². The largest absolute Gasteiger partial charge is 0.497 e. The summed E-state index contributed by atoms with van der Waals surface area (Å²) in [5.74, 6) is 1.33. The van der Waals surface area contributed by atoms with Gasteiger partial charge < -0.3 is 10.1 Å². The molecule has 0 unspecified atom stereocenters. The first-order chi connectivity index (χ1) is 12.1. The Morgan fingerprint density at radius 3 is 2.72 bits per heavy atom. The molecule has 5 nitrogen and oxygen atoms in total. The van der Waals surface area contributed by atoms with Gasteiger partial charge in [0.05, 0.1) is 26.3 Å². The maximum absolute atomic E-state index is 12.3. The predicted octanol–water partition coefficient (Wildman–Crippen LogP) is 3.88. The second-order valence-corrected chi connectivity index (χ2v) is 6.49. The Morgan fingerprint density at radius 2 is 1.96 bits per heavy atom. The summed E-state index contributed by atoms with van der Waals surface area (Å²) >= 11 is 3.42. The van der Waals surface area contributed by atoms with Crippen molar-refractivity contribution in [3.05, 3.63) is 76.4 Å². The number of carbonyl (C=O) groups is 1. The monoisotopic (exact) mass is 399 g/mol. The van der Waals surface area contributed by atoms with Crippen molar-refractivity contribution in [2.75, 3.05) is 12.4 Å². The summed E-state index contributed by atoms with van der Waals surface area (Å²) in [6.45, 7) is 0.592. The molecule has 25 heavy (non-hydrogen) atoms. The number of carbonyl (C=O) groups excluding carboxylic acids is 1. The standard InChI is InChI=1S/C19H18BrN3O2/c1-25-17-4-2-3-15(11-17)12-19(24)22-18-9-10-21-23(18)13-14-5-7-16(20)8-6-14/h2-11H,12-13H2,1H3,(H,22,24). The molecular formula is C19H18BrN3O2. The zero-order valence-electron chi connectivity index (χ0n) is 13.8. The van der Waals surface area contributed by atoms with Gasteiger partial charge in [0.25, 0.3) is 0 Å². The Labute approximate surface area is 154 Å². The molecule has 0 bridgehead atoms. The van der Waals surface area contributed by atoms with Crippen molar-refractivity contribution in [2.45, 2.75) is 13.0 Å². The molecular weight excluding hydrogens is 382 g/mol. The van der Waals surface area contributed by atoms with Crippen LogP contribution >= 0.6 is 15.9 Å². The smallest absolute Gasteiger partial charge is 0.229 e. The third-order valence-corrected chi connectivity index (χ3v) is 4.26.